The number of carbonyl (C=O) groups excluding carboxylic acids is 2. The third kappa shape index (κ3) is 1.42. The Morgan fingerprint density at radius 1 is 0.786 bits per heavy atom. The Kier molecular flexibility index (Phi) is 2.11. The van der Waals surface area contributed by atoms with E-state index in [2.05, 4.69) is 0 Å². The lowest BCUT2D eigenvalue weighted by Crippen LogP contribution is -1.77. The highest BCUT2D eigenvalue weighted by Crippen LogP contribution is 2.23. The van der Waals surface area contributed by atoms with Gasteiger partial charge in [-0.3, -0.25) is 9.59 Å². The summed E-state index contributed by atoms with van der Waals surface area (Å²) in [5.74, 6) is 0. The van der Waals surface area contributed by atoms with Crippen LogP contribution in [0.4, 0.5) is 0 Å². The van der Waals surface area contributed by atoms with Crippen molar-refractivity contribution in [1.29, 1.82) is 0 Å². The lowest BCUT2D eigenvalue weighted by atomic mass is 10.2. The van der Waals surface area contributed by atoms with Crippen molar-refractivity contribution in [3.8, 4) is 11.1 Å². The van der Waals surface area contributed by atoms with Crippen LogP contribution in [0.1, 0.15) is 20.7 Å². The van der Waals surface area contributed by atoms with Crippen LogP contribution in [-0.2, 0) is 0 Å². The molecule has 0 saturated carbocycles. The first-order valence-electron chi connectivity index (χ1n) is 4.27. The molecule has 0 bridgehead atoms. The van der Waals surface area contributed by atoms with E-state index in [4.69, 9.17) is 0 Å². The number of hydrogen-bond donors (Lipinski definition) is 0. The molecule has 2 aliphatic rings. The van der Waals surface area contributed by atoms with Crippen LogP contribution in [0.3, 0.4) is 0 Å². The summed E-state index contributed by atoms with van der Waals surface area (Å²) < 4.78 is 0. The van der Waals surface area contributed by atoms with Gasteiger partial charge in [-0.2, -0.15) is 0 Å². The van der Waals surface area contributed by atoms with Gasteiger partial charge in [-0.1, -0.05) is 18.2 Å². The number of fused-ring (bicyclic) bond motifs is 1. The zero-order valence-corrected chi connectivity index (χ0v) is 7.44. The maximum Gasteiger partial charge on any atom is 0.150 e. The summed E-state index contributed by atoms with van der Waals surface area (Å²) in [7, 11) is 0. The monoisotopic (exact) mass is 184 g/mol. The number of hydrogen-bond acceptors (Lipinski definition) is 2. The van der Waals surface area contributed by atoms with Crippen molar-refractivity contribution >= 4 is 12.6 Å². The third-order valence-electron chi connectivity index (χ3n) is 2.13. The van der Waals surface area contributed by atoms with E-state index in [1.165, 1.54) is 0 Å². The fraction of sp³-hybridized carbons (Fsp3) is 0. The van der Waals surface area contributed by atoms with Gasteiger partial charge >= 0.3 is 0 Å². The van der Waals surface area contributed by atoms with Crippen LogP contribution in [0.5, 0.6) is 0 Å². The molecular formula is C12H8O2. The molecular weight excluding hydrogens is 176 g/mol. The lowest BCUT2D eigenvalue weighted by molar-refractivity contribution is 0.112. The molecule has 2 heteroatoms. The van der Waals surface area contributed by atoms with Crippen molar-refractivity contribution in [3.05, 3.63) is 47.5 Å². The summed E-state index contributed by atoms with van der Waals surface area (Å²) in [5, 5.41) is 0. The summed E-state index contributed by atoms with van der Waals surface area (Å²) in [6.45, 7) is 0. The van der Waals surface area contributed by atoms with Crippen molar-refractivity contribution < 1.29 is 9.59 Å². The second-order valence-electron chi connectivity index (χ2n) is 3.11. The van der Waals surface area contributed by atoms with Crippen molar-refractivity contribution in [1.82, 2.24) is 0 Å². The molecule has 2 rings (SSSR count). The van der Waals surface area contributed by atoms with Crippen molar-refractivity contribution in [3.63, 3.8) is 0 Å². The predicted octanol–water partition coefficient (Wildman–Crippen LogP) is 2.42. The molecule has 0 spiro atoms. The number of aldehydes is 2. The van der Waals surface area contributed by atoms with Gasteiger partial charge in [0.25, 0.3) is 0 Å². The molecule has 0 fully saturated rings. The molecule has 0 aromatic rings. The van der Waals surface area contributed by atoms with Crippen LogP contribution in [0, 0.1) is 0 Å². The van der Waals surface area contributed by atoms with Crippen LogP contribution in [0.2, 0.25) is 0 Å². The molecule has 0 aliphatic heterocycles. The molecule has 0 saturated heterocycles. The Morgan fingerprint density at radius 3 is 1.71 bits per heavy atom. The van der Waals surface area contributed by atoms with Crippen LogP contribution in [0.25, 0.3) is 11.1 Å². The molecule has 2 nitrogen and oxygen atoms in total. The van der Waals surface area contributed by atoms with E-state index in [-0.39, 0.29) is 0 Å². The maximum absolute atomic E-state index is 10.7. The normalized spacial score (nSPS) is 10.0. The van der Waals surface area contributed by atoms with E-state index in [1.807, 2.05) is 18.2 Å². The van der Waals surface area contributed by atoms with Crippen LogP contribution >= 0.6 is 0 Å². The Morgan fingerprint density at radius 2 is 1.29 bits per heavy atom. The second-order valence-corrected chi connectivity index (χ2v) is 3.11. The highest BCUT2D eigenvalue weighted by atomic mass is 16.1. The summed E-state index contributed by atoms with van der Waals surface area (Å²) in [5.41, 5.74) is 2.99. The highest BCUT2D eigenvalue weighted by molar-refractivity contribution is 5.86. The van der Waals surface area contributed by atoms with Crippen LogP contribution in [0.15, 0.2) is 36.4 Å². The van der Waals surface area contributed by atoms with Gasteiger partial charge < -0.3 is 0 Å². The quantitative estimate of drug-likeness (QED) is 0.671. The van der Waals surface area contributed by atoms with E-state index < -0.39 is 0 Å². The molecule has 14 heavy (non-hydrogen) atoms. The Balaban J connectivity index is 2.74. The topological polar surface area (TPSA) is 34.1 Å². The maximum atomic E-state index is 10.7. The fourth-order valence-electron chi connectivity index (χ4n) is 1.48. The Labute approximate surface area is 81.5 Å². The van der Waals surface area contributed by atoms with Gasteiger partial charge in [-0.25, -0.2) is 0 Å². The molecule has 0 unspecified atom stereocenters. The van der Waals surface area contributed by atoms with Gasteiger partial charge in [0.1, 0.15) is 12.6 Å². The van der Waals surface area contributed by atoms with E-state index in [0.29, 0.717) is 11.1 Å². The summed E-state index contributed by atoms with van der Waals surface area (Å²) in [4.78, 5) is 21.3. The first-order valence-corrected chi connectivity index (χ1v) is 4.27. The molecule has 0 heterocycles. The van der Waals surface area contributed by atoms with E-state index in [0.717, 1.165) is 23.7 Å². The molecule has 2 aliphatic carbocycles. The second kappa shape index (κ2) is 3.42. The minimum absolute atomic E-state index is 0.522. The van der Waals surface area contributed by atoms with E-state index in [9.17, 15) is 9.59 Å². The first-order chi connectivity index (χ1) is 6.83. The van der Waals surface area contributed by atoms with E-state index >= 15 is 0 Å². The van der Waals surface area contributed by atoms with Crippen molar-refractivity contribution in [2.75, 3.05) is 0 Å². The molecule has 68 valence electrons. The van der Waals surface area contributed by atoms with Gasteiger partial charge in [-0.15, -0.1) is 0 Å². The molecule has 0 aromatic carbocycles. The Bertz CT molecular complexity index is 420. The zero-order valence-electron chi connectivity index (χ0n) is 7.44. The largest absolute Gasteiger partial charge is 0.298 e. The highest BCUT2D eigenvalue weighted by Gasteiger charge is 2.03. The zero-order chi connectivity index (χ0) is 9.97. The molecule has 0 aromatic heterocycles. The SMILES string of the molecule is O=Cc1cc(C=O)cc2cccc-2c1. The van der Waals surface area contributed by atoms with Crippen molar-refractivity contribution in [2.45, 2.75) is 0 Å². The molecule has 0 amide bonds. The van der Waals surface area contributed by atoms with Gasteiger partial charge in [-0.05, 0) is 29.3 Å². The molecule has 0 radical (unpaired) electrons. The van der Waals surface area contributed by atoms with Crippen molar-refractivity contribution in [2.24, 2.45) is 0 Å². The number of carbonyl (C=O) groups is 2. The molecule has 0 atom stereocenters. The predicted molar refractivity (Wildman–Crippen MR) is 53.8 cm³/mol. The van der Waals surface area contributed by atoms with Gasteiger partial charge in [0, 0.05) is 11.1 Å². The van der Waals surface area contributed by atoms with Gasteiger partial charge in [0.05, 0.1) is 0 Å². The minimum atomic E-state index is 0.522. The average molecular weight is 184 g/mol. The Hall–Kier alpha value is -1.96. The third-order valence-corrected chi connectivity index (χ3v) is 2.13. The van der Waals surface area contributed by atoms with E-state index in [1.54, 1.807) is 18.2 Å². The standard InChI is InChI=1S/C12H8O2/c13-7-9-4-10(8-14)6-12-3-1-2-11(12)5-9/h1-8H. The summed E-state index contributed by atoms with van der Waals surface area (Å²) in [6, 6.07) is 10.9. The summed E-state index contributed by atoms with van der Waals surface area (Å²) >= 11 is 0. The average Bonchev–Trinajstić information content (AvgIpc) is 2.56. The van der Waals surface area contributed by atoms with Crippen LogP contribution in [-0.4, -0.2) is 12.6 Å². The van der Waals surface area contributed by atoms with Gasteiger partial charge in [0.15, 0.2) is 0 Å². The van der Waals surface area contributed by atoms with Crippen LogP contribution < -0.4 is 0 Å². The smallest absolute Gasteiger partial charge is 0.150 e. The lowest BCUT2D eigenvalue weighted by Gasteiger charge is -1.88. The first kappa shape index (κ1) is 8.63. The fourth-order valence-corrected chi connectivity index (χ4v) is 1.48. The number of rotatable bonds is 2. The molecule has 0 N–H and O–H groups in total. The van der Waals surface area contributed by atoms with Gasteiger partial charge in [0.2, 0.25) is 0 Å². The summed E-state index contributed by atoms with van der Waals surface area (Å²) in [6.07, 6.45) is 1.50. The minimum Gasteiger partial charge on any atom is -0.298 e.